The lowest BCUT2D eigenvalue weighted by molar-refractivity contribution is 0.303. The average Bonchev–Trinajstić information content (AvgIpc) is 2.05. The van der Waals surface area contributed by atoms with E-state index >= 15 is 0 Å². The van der Waals surface area contributed by atoms with Gasteiger partial charge in [0.15, 0.2) is 5.82 Å². The Balaban J connectivity index is 2.63. The summed E-state index contributed by atoms with van der Waals surface area (Å²) in [6, 6.07) is 1.85. The van der Waals surface area contributed by atoms with Gasteiger partial charge >= 0.3 is 0 Å². The van der Waals surface area contributed by atoms with Crippen molar-refractivity contribution in [1.29, 1.82) is 0 Å². The van der Waals surface area contributed by atoms with Gasteiger partial charge in [0.2, 0.25) is 0 Å². The molecule has 0 saturated carbocycles. The first kappa shape index (κ1) is 8.87. The minimum absolute atomic E-state index is 0.169. The summed E-state index contributed by atoms with van der Waals surface area (Å²) in [5.41, 5.74) is 0.952. The van der Waals surface area contributed by atoms with E-state index in [0.717, 1.165) is 5.69 Å². The van der Waals surface area contributed by atoms with E-state index in [4.69, 9.17) is 5.11 Å². The Bertz CT molecular complexity index is 271. The van der Waals surface area contributed by atoms with Gasteiger partial charge in [0.05, 0.1) is 0 Å². The number of nitrogens with zero attached hydrogens (tertiary/aromatic N) is 2. The third-order valence-electron chi connectivity index (χ3n) is 1.38. The lowest BCUT2D eigenvalue weighted by Gasteiger charge is -1.92. The Kier molecular flexibility index (Phi) is 3.41. The monoisotopic (exact) mass is 164 g/mol. The summed E-state index contributed by atoms with van der Waals surface area (Å²) in [4.78, 5) is 8.20. The molecular formula is C9H12N2O. The quantitative estimate of drug-likeness (QED) is 0.729. The van der Waals surface area contributed by atoms with Gasteiger partial charge in [0.25, 0.3) is 0 Å². The van der Waals surface area contributed by atoms with Gasteiger partial charge in [0, 0.05) is 18.5 Å². The van der Waals surface area contributed by atoms with Crippen LogP contribution in [0.5, 0.6) is 0 Å². The normalized spacial score (nSPS) is 10.8. The Hall–Kier alpha value is -1.22. The third-order valence-corrected chi connectivity index (χ3v) is 1.38. The van der Waals surface area contributed by atoms with Crippen LogP contribution in [0, 0.1) is 6.92 Å². The van der Waals surface area contributed by atoms with Crippen molar-refractivity contribution in [2.45, 2.75) is 13.3 Å². The molecule has 0 radical (unpaired) electrons. The van der Waals surface area contributed by atoms with E-state index in [-0.39, 0.29) is 6.61 Å². The van der Waals surface area contributed by atoms with Crippen LogP contribution in [0.2, 0.25) is 0 Å². The molecule has 1 heterocycles. The van der Waals surface area contributed by atoms with Crippen LogP contribution < -0.4 is 0 Å². The van der Waals surface area contributed by atoms with E-state index in [0.29, 0.717) is 12.2 Å². The maximum absolute atomic E-state index is 8.51. The number of aliphatic hydroxyl groups excluding tert-OH is 1. The van der Waals surface area contributed by atoms with E-state index < -0.39 is 0 Å². The molecule has 3 heteroatoms. The number of hydrogen-bond acceptors (Lipinski definition) is 3. The van der Waals surface area contributed by atoms with E-state index in [9.17, 15) is 0 Å². The molecule has 1 aromatic heterocycles. The summed E-state index contributed by atoms with van der Waals surface area (Å²) >= 11 is 0. The summed E-state index contributed by atoms with van der Waals surface area (Å²) in [5, 5.41) is 8.51. The molecule has 0 amide bonds. The predicted octanol–water partition coefficient (Wildman–Crippen LogP) is 1.18. The topological polar surface area (TPSA) is 46.0 Å². The average molecular weight is 164 g/mol. The zero-order valence-corrected chi connectivity index (χ0v) is 7.07. The highest BCUT2D eigenvalue weighted by atomic mass is 16.2. The Labute approximate surface area is 71.8 Å². The second-order valence-corrected chi connectivity index (χ2v) is 2.47. The molecule has 0 fully saturated rings. The molecule has 3 nitrogen and oxygen atoms in total. The van der Waals surface area contributed by atoms with E-state index in [2.05, 4.69) is 9.97 Å². The molecule has 1 rings (SSSR count). The van der Waals surface area contributed by atoms with Crippen LogP contribution in [-0.2, 0) is 0 Å². The molecule has 0 unspecified atom stereocenters. The van der Waals surface area contributed by atoms with E-state index in [1.165, 1.54) is 0 Å². The Morgan fingerprint density at radius 3 is 3.08 bits per heavy atom. The zero-order valence-electron chi connectivity index (χ0n) is 7.07. The van der Waals surface area contributed by atoms with Crippen molar-refractivity contribution in [1.82, 2.24) is 9.97 Å². The highest BCUT2D eigenvalue weighted by Gasteiger charge is 1.88. The fourth-order valence-electron chi connectivity index (χ4n) is 0.812. The molecular weight excluding hydrogens is 152 g/mol. The maximum Gasteiger partial charge on any atom is 0.151 e. The van der Waals surface area contributed by atoms with Gasteiger partial charge in [-0.2, -0.15) is 0 Å². The number of aromatic nitrogens is 2. The SMILES string of the molecule is Cc1ccnc(C=CCCO)n1. The minimum Gasteiger partial charge on any atom is -0.396 e. The summed E-state index contributed by atoms with van der Waals surface area (Å²) in [7, 11) is 0. The van der Waals surface area contributed by atoms with Gasteiger partial charge < -0.3 is 5.11 Å². The first-order valence-corrected chi connectivity index (χ1v) is 3.90. The summed E-state index contributed by atoms with van der Waals surface area (Å²) < 4.78 is 0. The van der Waals surface area contributed by atoms with Crippen LogP contribution >= 0.6 is 0 Å². The van der Waals surface area contributed by atoms with Crippen molar-refractivity contribution in [3.8, 4) is 0 Å². The number of aryl methyl sites for hydroxylation is 1. The highest BCUT2D eigenvalue weighted by Crippen LogP contribution is 1.96. The van der Waals surface area contributed by atoms with Crippen LogP contribution in [0.1, 0.15) is 17.9 Å². The number of aliphatic hydroxyl groups is 1. The number of hydrogen-bond donors (Lipinski definition) is 1. The van der Waals surface area contributed by atoms with Gasteiger partial charge in [-0.1, -0.05) is 6.08 Å². The van der Waals surface area contributed by atoms with Crippen LogP contribution in [0.4, 0.5) is 0 Å². The third kappa shape index (κ3) is 2.80. The molecule has 0 aliphatic carbocycles. The van der Waals surface area contributed by atoms with Crippen LogP contribution in [-0.4, -0.2) is 21.7 Å². The van der Waals surface area contributed by atoms with Gasteiger partial charge in [0.1, 0.15) is 0 Å². The van der Waals surface area contributed by atoms with Gasteiger partial charge in [-0.25, -0.2) is 9.97 Å². The van der Waals surface area contributed by atoms with Gasteiger partial charge in [-0.15, -0.1) is 0 Å². The van der Waals surface area contributed by atoms with Crippen LogP contribution in [0.15, 0.2) is 18.3 Å². The van der Waals surface area contributed by atoms with E-state index in [1.54, 1.807) is 6.20 Å². The number of rotatable bonds is 3. The molecule has 64 valence electrons. The molecule has 1 N–H and O–H groups in total. The zero-order chi connectivity index (χ0) is 8.81. The summed E-state index contributed by atoms with van der Waals surface area (Å²) in [6.45, 7) is 2.09. The molecule has 0 aromatic carbocycles. The second-order valence-electron chi connectivity index (χ2n) is 2.47. The molecule has 1 aromatic rings. The van der Waals surface area contributed by atoms with E-state index in [1.807, 2.05) is 25.1 Å². The van der Waals surface area contributed by atoms with Crippen LogP contribution in [0.25, 0.3) is 6.08 Å². The lowest BCUT2D eigenvalue weighted by Crippen LogP contribution is -1.88. The maximum atomic E-state index is 8.51. The molecule has 0 atom stereocenters. The molecule has 0 aliphatic rings. The first-order chi connectivity index (χ1) is 5.83. The fraction of sp³-hybridized carbons (Fsp3) is 0.333. The predicted molar refractivity (Wildman–Crippen MR) is 47.5 cm³/mol. The molecule has 0 aliphatic heterocycles. The largest absolute Gasteiger partial charge is 0.396 e. The summed E-state index contributed by atoms with van der Waals surface area (Å²) in [5.74, 6) is 0.698. The van der Waals surface area contributed by atoms with Crippen molar-refractivity contribution >= 4 is 6.08 Å². The van der Waals surface area contributed by atoms with Gasteiger partial charge in [-0.3, -0.25) is 0 Å². The van der Waals surface area contributed by atoms with Crippen LogP contribution in [0.3, 0.4) is 0 Å². The van der Waals surface area contributed by atoms with Crippen molar-refractivity contribution in [3.05, 3.63) is 29.9 Å². The molecule has 0 spiro atoms. The van der Waals surface area contributed by atoms with Crippen molar-refractivity contribution in [3.63, 3.8) is 0 Å². The second kappa shape index (κ2) is 4.62. The molecule has 12 heavy (non-hydrogen) atoms. The lowest BCUT2D eigenvalue weighted by atomic mass is 10.3. The van der Waals surface area contributed by atoms with Crippen molar-refractivity contribution < 1.29 is 5.11 Å². The van der Waals surface area contributed by atoms with Crippen molar-refractivity contribution in [2.24, 2.45) is 0 Å². The van der Waals surface area contributed by atoms with Crippen molar-refractivity contribution in [2.75, 3.05) is 6.61 Å². The fourth-order valence-corrected chi connectivity index (χ4v) is 0.812. The first-order valence-electron chi connectivity index (χ1n) is 3.90. The summed E-state index contributed by atoms with van der Waals surface area (Å²) in [6.07, 6.45) is 6.04. The smallest absolute Gasteiger partial charge is 0.151 e. The van der Waals surface area contributed by atoms with Gasteiger partial charge in [-0.05, 0) is 25.5 Å². The molecule has 0 saturated heterocycles. The Morgan fingerprint density at radius 2 is 2.42 bits per heavy atom. The highest BCUT2D eigenvalue weighted by molar-refractivity contribution is 5.39. The minimum atomic E-state index is 0.169. The molecule has 0 bridgehead atoms. The standard InChI is InChI=1S/C9H12N2O/c1-8-5-6-10-9(11-8)4-2-3-7-12/h2,4-6,12H,3,7H2,1H3. The Morgan fingerprint density at radius 1 is 1.58 bits per heavy atom.